The van der Waals surface area contributed by atoms with Crippen LogP contribution in [0.25, 0.3) is 20.8 Å². The van der Waals surface area contributed by atoms with E-state index in [-0.39, 0.29) is 11.7 Å². The maximum atomic E-state index is 12.5. The number of hydrogen-bond acceptors (Lipinski definition) is 7. The Balaban J connectivity index is 1.18. The molecule has 166 valence electrons. The molecule has 0 aliphatic carbocycles. The van der Waals surface area contributed by atoms with Crippen molar-refractivity contribution in [1.29, 1.82) is 0 Å². The second kappa shape index (κ2) is 9.46. The monoisotopic (exact) mass is 491 g/mol. The van der Waals surface area contributed by atoms with Gasteiger partial charge in [-0.25, -0.2) is 4.98 Å². The average molecular weight is 492 g/mol. The quantitative estimate of drug-likeness (QED) is 0.292. The zero-order chi connectivity index (χ0) is 22.8. The van der Waals surface area contributed by atoms with E-state index in [1.54, 1.807) is 22.7 Å². The molecular weight excluding hydrogens is 470 g/mol. The molecule has 0 saturated carbocycles. The SMILES string of the molecule is Cc1ccc2nc(-c3ccc(NC(=O)CSc4nnc(Cc5cccs5)n4C)cc3)sc2c1. The van der Waals surface area contributed by atoms with Gasteiger partial charge >= 0.3 is 0 Å². The van der Waals surface area contributed by atoms with Crippen LogP contribution in [0.1, 0.15) is 16.3 Å². The van der Waals surface area contributed by atoms with Crippen molar-refractivity contribution in [2.24, 2.45) is 7.05 Å². The Hall–Kier alpha value is -3.01. The Kier molecular flexibility index (Phi) is 6.26. The van der Waals surface area contributed by atoms with Crippen LogP contribution in [-0.4, -0.2) is 31.4 Å². The van der Waals surface area contributed by atoms with Crippen LogP contribution in [0.15, 0.2) is 65.1 Å². The van der Waals surface area contributed by atoms with Gasteiger partial charge in [0.2, 0.25) is 5.91 Å². The van der Waals surface area contributed by atoms with Gasteiger partial charge in [0.15, 0.2) is 5.16 Å². The molecule has 3 heterocycles. The van der Waals surface area contributed by atoms with E-state index in [1.807, 2.05) is 41.9 Å². The molecular formula is C24H21N5OS3. The summed E-state index contributed by atoms with van der Waals surface area (Å²) in [5.41, 5.74) is 4.04. The van der Waals surface area contributed by atoms with E-state index in [0.717, 1.165) is 39.2 Å². The Morgan fingerprint density at radius 1 is 1.12 bits per heavy atom. The number of rotatable bonds is 7. The molecule has 0 fully saturated rings. The lowest BCUT2D eigenvalue weighted by Gasteiger charge is -2.06. The number of benzene rings is 2. The summed E-state index contributed by atoms with van der Waals surface area (Å²) in [6.07, 6.45) is 0.745. The molecule has 0 aliphatic heterocycles. The molecule has 5 rings (SSSR count). The fraction of sp³-hybridized carbons (Fsp3) is 0.167. The molecule has 33 heavy (non-hydrogen) atoms. The van der Waals surface area contributed by atoms with Crippen LogP contribution in [0.4, 0.5) is 5.69 Å². The van der Waals surface area contributed by atoms with Crippen LogP contribution in [-0.2, 0) is 18.3 Å². The summed E-state index contributed by atoms with van der Waals surface area (Å²) in [5, 5.41) is 15.2. The molecule has 0 saturated heterocycles. The van der Waals surface area contributed by atoms with Gasteiger partial charge in [0.1, 0.15) is 10.8 Å². The summed E-state index contributed by atoms with van der Waals surface area (Å²) in [6, 6.07) is 18.2. The molecule has 0 unspecified atom stereocenters. The highest BCUT2D eigenvalue weighted by molar-refractivity contribution is 7.99. The van der Waals surface area contributed by atoms with Gasteiger partial charge in [-0.1, -0.05) is 23.9 Å². The van der Waals surface area contributed by atoms with Crippen LogP contribution in [0.5, 0.6) is 0 Å². The predicted molar refractivity (Wildman–Crippen MR) is 137 cm³/mol. The lowest BCUT2D eigenvalue weighted by Crippen LogP contribution is -2.14. The Labute approximate surface area is 203 Å². The number of thiazole rings is 1. The highest BCUT2D eigenvalue weighted by Crippen LogP contribution is 2.31. The van der Waals surface area contributed by atoms with Crippen LogP contribution < -0.4 is 5.32 Å². The maximum absolute atomic E-state index is 12.5. The largest absolute Gasteiger partial charge is 0.325 e. The van der Waals surface area contributed by atoms with Crippen molar-refractivity contribution >= 4 is 56.2 Å². The van der Waals surface area contributed by atoms with Crippen molar-refractivity contribution in [3.8, 4) is 10.6 Å². The van der Waals surface area contributed by atoms with Gasteiger partial charge in [0, 0.05) is 29.6 Å². The molecule has 1 amide bonds. The minimum Gasteiger partial charge on any atom is -0.325 e. The smallest absolute Gasteiger partial charge is 0.234 e. The lowest BCUT2D eigenvalue weighted by molar-refractivity contribution is -0.113. The third kappa shape index (κ3) is 5.00. The highest BCUT2D eigenvalue weighted by atomic mass is 32.2. The second-order valence-corrected chi connectivity index (χ2v) is 10.6. The van der Waals surface area contributed by atoms with E-state index in [9.17, 15) is 4.79 Å². The van der Waals surface area contributed by atoms with Gasteiger partial charge in [0.05, 0.1) is 16.0 Å². The zero-order valence-corrected chi connectivity index (χ0v) is 20.6. The van der Waals surface area contributed by atoms with Crippen molar-refractivity contribution in [3.63, 3.8) is 0 Å². The number of nitrogens with zero attached hydrogens (tertiary/aromatic N) is 4. The average Bonchev–Trinajstić information content (AvgIpc) is 3.54. The van der Waals surface area contributed by atoms with E-state index < -0.39 is 0 Å². The fourth-order valence-corrected chi connectivity index (χ4v) is 5.87. The number of nitrogens with one attached hydrogen (secondary N) is 1. The minimum absolute atomic E-state index is 0.0778. The predicted octanol–water partition coefficient (Wildman–Crippen LogP) is 5.78. The van der Waals surface area contributed by atoms with Gasteiger partial charge in [-0.05, 0) is 60.3 Å². The number of carbonyl (C=O) groups is 1. The molecule has 5 aromatic rings. The molecule has 3 aromatic heterocycles. The van der Waals surface area contributed by atoms with Crippen molar-refractivity contribution in [3.05, 3.63) is 76.2 Å². The number of aryl methyl sites for hydroxylation is 1. The highest BCUT2D eigenvalue weighted by Gasteiger charge is 2.13. The molecule has 2 aromatic carbocycles. The standard InChI is InChI=1S/C24H21N5OS3/c1-15-5-10-19-20(12-15)33-23(26-19)16-6-8-17(9-7-16)25-22(30)14-32-24-28-27-21(29(24)2)13-18-4-3-11-31-18/h3-12H,13-14H2,1-2H3,(H,25,30). The van der Waals surface area contributed by atoms with Gasteiger partial charge in [-0.15, -0.1) is 32.9 Å². The fourth-order valence-electron chi connectivity index (χ4n) is 3.37. The zero-order valence-electron chi connectivity index (χ0n) is 18.1. The summed E-state index contributed by atoms with van der Waals surface area (Å²) >= 11 is 4.76. The summed E-state index contributed by atoms with van der Waals surface area (Å²) in [6.45, 7) is 2.09. The molecule has 1 N–H and O–H groups in total. The minimum atomic E-state index is -0.0778. The molecule has 0 aliphatic rings. The van der Waals surface area contributed by atoms with E-state index >= 15 is 0 Å². The number of aromatic nitrogens is 4. The van der Waals surface area contributed by atoms with E-state index in [1.165, 1.54) is 26.9 Å². The van der Waals surface area contributed by atoms with Crippen LogP contribution in [0.2, 0.25) is 0 Å². The first-order chi connectivity index (χ1) is 16.0. The summed E-state index contributed by atoms with van der Waals surface area (Å²) < 4.78 is 3.13. The molecule has 0 radical (unpaired) electrons. The molecule has 0 bridgehead atoms. The van der Waals surface area contributed by atoms with Gasteiger partial charge in [-0.3, -0.25) is 4.79 Å². The van der Waals surface area contributed by atoms with Crippen LogP contribution in [0, 0.1) is 6.92 Å². The van der Waals surface area contributed by atoms with Gasteiger partial charge < -0.3 is 9.88 Å². The first-order valence-electron chi connectivity index (χ1n) is 10.4. The topological polar surface area (TPSA) is 72.7 Å². The van der Waals surface area contributed by atoms with Gasteiger partial charge in [-0.2, -0.15) is 0 Å². The summed E-state index contributed by atoms with van der Waals surface area (Å²) in [7, 11) is 1.94. The first kappa shape index (κ1) is 21.8. The number of amides is 1. The second-order valence-electron chi connectivity index (χ2n) is 7.62. The first-order valence-corrected chi connectivity index (χ1v) is 13.0. The van der Waals surface area contributed by atoms with E-state index in [0.29, 0.717) is 0 Å². The van der Waals surface area contributed by atoms with Crippen LogP contribution >= 0.6 is 34.4 Å². The van der Waals surface area contributed by atoms with Crippen molar-refractivity contribution < 1.29 is 4.79 Å². The van der Waals surface area contributed by atoms with Crippen molar-refractivity contribution in [1.82, 2.24) is 19.7 Å². The molecule has 6 nitrogen and oxygen atoms in total. The Morgan fingerprint density at radius 2 is 1.97 bits per heavy atom. The number of fused-ring (bicyclic) bond motifs is 1. The number of hydrogen-bond donors (Lipinski definition) is 1. The maximum Gasteiger partial charge on any atom is 0.234 e. The summed E-state index contributed by atoms with van der Waals surface area (Å²) in [4.78, 5) is 18.4. The molecule has 9 heteroatoms. The van der Waals surface area contributed by atoms with E-state index in [2.05, 4.69) is 52.1 Å². The van der Waals surface area contributed by atoms with Gasteiger partial charge in [0.25, 0.3) is 0 Å². The molecule has 0 spiro atoms. The number of thiophene rings is 1. The normalized spacial score (nSPS) is 11.2. The third-order valence-corrected chi connectivity index (χ3v) is 8.09. The number of thioether (sulfide) groups is 1. The Bertz CT molecular complexity index is 1400. The number of carbonyl (C=O) groups excluding carboxylic acids is 1. The summed E-state index contributed by atoms with van der Waals surface area (Å²) in [5.74, 6) is 1.08. The van der Waals surface area contributed by atoms with Crippen LogP contribution in [0.3, 0.4) is 0 Å². The third-order valence-electron chi connectivity index (χ3n) is 5.13. The van der Waals surface area contributed by atoms with Crippen molar-refractivity contribution in [2.45, 2.75) is 18.5 Å². The Morgan fingerprint density at radius 3 is 2.76 bits per heavy atom. The lowest BCUT2D eigenvalue weighted by atomic mass is 10.2. The molecule has 0 atom stereocenters. The number of anilines is 1. The van der Waals surface area contributed by atoms with E-state index in [4.69, 9.17) is 4.98 Å². The van der Waals surface area contributed by atoms with Crippen molar-refractivity contribution in [2.75, 3.05) is 11.1 Å².